The summed E-state index contributed by atoms with van der Waals surface area (Å²) in [7, 11) is 0. The zero-order chi connectivity index (χ0) is 11.3. The van der Waals surface area contributed by atoms with Crippen LogP contribution in [0.1, 0.15) is 39.5 Å². The summed E-state index contributed by atoms with van der Waals surface area (Å²) in [6.07, 6.45) is 5.83. The number of hydrogen-bond donors (Lipinski definition) is 0. The van der Waals surface area contributed by atoms with Crippen LogP contribution >= 0.6 is 22.6 Å². The molecule has 3 atom stereocenters. The van der Waals surface area contributed by atoms with Gasteiger partial charge in [-0.05, 0) is 29.6 Å². The molecule has 2 fully saturated rings. The highest BCUT2D eigenvalue weighted by Gasteiger charge is 2.59. The summed E-state index contributed by atoms with van der Waals surface area (Å²) in [5.41, 5.74) is 0.642. The van der Waals surface area contributed by atoms with E-state index >= 15 is 0 Å². The van der Waals surface area contributed by atoms with E-state index in [0.717, 1.165) is 19.3 Å². The molecule has 0 spiro atoms. The summed E-state index contributed by atoms with van der Waals surface area (Å²) in [6, 6.07) is 0. The number of alkyl halides is 1. The molecule has 2 aliphatic carbocycles. The van der Waals surface area contributed by atoms with Gasteiger partial charge in [-0.2, -0.15) is 0 Å². The maximum Gasteiger partial charge on any atom is 0.133 e. The summed E-state index contributed by atoms with van der Waals surface area (Å²) in [4.78, 5) is 11.7. The number of hydrogen-bond acceptors (Lipinski definition) is 1. The van der Waals surface area contributed by atoms with Crippen LogP contribution < -0.4 is 0 Å². The number of Topliss-reactive ketones (excluding diaryl/α,β-unsaturated/α-hetero) is 1. The fraction of sp³-hybridized carbons (Fsp3) is 0.769. The van der Waals surface area contributed by atoms with Crippen molar-refractivity contribution in [1.82, 2.24) is 0 Å². The van der Waals surface area contributed by atoms with Crippen LogP contribution in [0.25, 0.3) is 0 Å². The lowest BCUT2D eigenvalue weighted by atomic mass is 9.76. The Morgan fingerprint density at radius 1 is 1.60 bits per heavy atom. The summed E-state index contributed by atoms with van der Waals surface area (Å²) in [5.74, 6) is 1.07. The van der Waals surface area contributed by atoms with E-state index in [0.29, 0.717) is 21.0 Å². The highest BCUT2D eigenvalue weighted by atomic mass is 127. The maximum atomic E-state index is 11.7. The van der Waals surface area contributed by atoms with E-state index in [2.05, 4.69) is 43.0 Å². The Morgan fingerprint density at radius 3 is 2.87 bits per heavy atom. The fourth-order valence-electron chi connectivity index (χ4n) is 3.80. The molecular formula is C13H19IO. The standard InChI is InChI=1S/C13H19IO/c1-4-5-13-7-9(15)6-10(13)11(14)12(2,3)8-13/h4,10-11H,1,5-8H2,2-3H3/t10-,11-,13+/m1/s1. The Bertz CT molecular complexity index is 308. The lowest BCUT2D eigenvalue weighted by molar-refractivity contribution is -0.118. The summed E-state index contributed by atoms with van der Waals surface area (Å²) >= 11 is 2.57. The number of allylic oxidation sites excluding steroid dienone is 1. The van der Waals surface area contributed by atoms with Gasteiger partial charge in [0.05, 0.1) is 0 Å². The number of ketones is 1. The molecule has 84 valence electrons. The van der Waals surface area contributed by atoms with Gasteiger partial charge in [-0.3, -0.25) is 4.79 Å². The SMILES string of the molecule is C=CC[C@@]12CC(=O)C[C@@H]1[C@@H](I)C(C)(C)C2. The van der Waals surface area contributed by atoms with Crippen LogP contribution in [0.3, 0.4) is 0 Å². The van der Waals surface area contributed by atoms with Crippen LogP contribution in [0.15, 0.2) is 12.7 Å². The molecule has 2 heteroatoms. The summed E-state index contributed by atoms with van der Waals surface area (Å²) in [5, 5.41) is 0. The monoisotopic (exact) mass is 318 g/mol. The highest BCUT2D eigenvalue weighted by Crippen LogP contribution is 2.63. The molecule has 0 radical (unpaired) electrons. The molecule has 15 heavy (non-hydrogen) atoms. The highest BCUT2D eigenvalue weighted by molar-refractivity contribution is 14.1. The molecule has 0 aromatic rings. The van der Waals surface area contributed by atoms with Crippen LogP contribution in [0.2, 0.25) is 0 Å². The van der Waals surface area contributed by atoms with Crippen molar-refractivity contribution < 1.29 is 4.79 Å². The van der Waals surface area contributed by atoms with Gasteiger partial charge >= 0.3 is 0 Å². The van der Waals surface area contributed by atoms with E-state index in [4.69, 9.17) is 0 Å². The largest absolute Gasteiger partial charge is 0.300 e. The molecule has 0 N–H and O–H groups in total. The van der Waals surface area contributed by atoms with Crippen molar-refractivity contribution in [2.24, 2.45) is 16.7 Å². The predicted octanol–water partition coefficient (Wildman–Crippen LogP) is 3.76. The number of rotatable bonds is 2. The summed E-state index contributed by atoms with van der Waals surface area (Å²) < 4.78 is 0.640. The molecule has 2 saturated carbocycles. The molecule has 0 unspecified atom stereocenters. The Labute approximate surface area is 106 Å². The molecule has 2 aliphatic rings. The Balaban J connectivity index is 2.33. The van der Waals surface area contributed by atoms with Gasteiger partial charge in [-0.25, -0.2) is 0 Å². The molecule has 0 aromatic heterocycles. The van der Waals surface area contributed by atoms with Gasteiger partial charge in [-0.1, -0.05) is 42.5 Å². The van der Waals surface area contributed by atoms with Crippen LogP contribution in [-0.4, -0.2) is 9.71 Å². The fourth-order valence-corrected chi connectivity index (χ4v) is 5.04. The van der Waals surface area contributed by atoms with Gasteiger partial charge in [0.1, 0.15) is 5.78 Å². The van der Waals surface area contributed by atoms with Gasteiger partial charge in [-0.15, -0.1) is 6.58 Å². The third-order valence-electron chi connectivity index (χ3n) is 4.24. The third-order valence-corrected chi connectivity index (χ3v) is 6.80. The van der Waals surface area contributed by atoms with Gasteiger partial charge in [0.15, 0.2) is 0 Å². The van der Waals surface area contributed by atoms with E-state index in [1.807, 2.05) is 6.08 Å². The van der Waals surface area contributed by atoms with Crippen molar-refractivity contribution in [2.75, 3.05) is 0 Å². The molecule has 0 saturated heterocycles. The molecule has 2 rings (SSSR count). The van der Waals surface area contributed by atoms with Gasteiger partial charge in [0.2, 0.25) is 0 Å². The van der Waals surface area contributed by atoms with Gasteiger partial charge < -0.3 is 0 Å². The van der Waals surface area contributed by atoms with Crippen molar-refractivity contribution in [2.45, 2.75) is 43.5 Å². The van der Waals surface area contributed by atoms with E-state index in [-0.39, 0.29) is 5.41 Å². The second-order valence-electron chi connectivity index (χ2n) is 5.95. The molecule has 0 bridgehead atoms. The van der Waals surface area contributed by atoms with Crippen LogP contribution in [-0.2, 0) is 4.79 Å². The molecule has 0 heterocycles. The lowest BCUT2D eigenvalue weighted by Crippen LogP contribution is -2.23. The van der Waals surface area contributed by atoms with Crippen LogP contribution in [0.5, 0.6) is 0 Å². The molecule has 0 amide bonds. The first-order valence-electron chi connectivity index (χ1n) is 5.68. The number of halogens is 1. The first kappa shape index (κ1) is 11.6. The van der Waals surface area contributed by atoms with Gasteiger partial charge in [0.25, 0.3) is 0 Å². The molecular weight excluding hydrogens is 299 g/mol. The smallest absolute Gasteiger partial charge is 0.133 e. The van der Waals surface area contributed by atoms with Crippen LogP contribution in [0.4, 0.5) is 0 Å². The zero-order valence-electron chi connectivity index (χ0n) is 9.55. The molecule has 1 nitrogen and oxygen atoms in total. The lowest BCUT2D eigenvalue weighted by Gasteiger charge is -2.28. The maximum absolute atomic E-state index is 11.7. The Morgan fingerprint density at radius 2 is 2.27 bits per heavy atom. The zero-order valence-corrected chi connectivity index (χ0v) is 11.7. The first-order chi connectivity index (χ1) is 6.91. The van der Waals surface area contributed by atoms with Crippen molar-refractivity contribution in [3.63, 3.8) is 0 Å². The van der Waals surface area contributed by atoms with Gasteiger partial charge in [0, 0.05) is 16.8 Å². The number of carbonyl (C=O) groups is 1. The Kier molecular flexibility index (Phi) is 2.77. The molecule has 0 aromatic carbocycles. The van der Waals surface area contributed by atoms with E-state index in [9.17, 15) is 4.79 Å². The quantitative estimate of drug-likeness (QED) is 0.430. The second kappa shape index (κ2) is 3.57. The number of fused-ring (bicyclic) bond motifs is 1. The summed E-state index contributed by atoms with van der Waals surface area (Å²) in [6.45, 7) is 8.55. The minimum atomic E-state index is 0.258. The second-order valence-corrected chi connectivity index (χ2v) is 7.29. The first-order valence-corrected chi connectivity index (χ1v) is 6.92. The van der Waals surface area contributed by atoms with Crippen LogP contribution in [0, 0.1) is 16.7 Å². The average Bonchev–Trinajstić information content (AvgIpc) is 2.47. The Hall–Kier alpha value is 0.140. The van der Waals surface area contributed by atoms with E-state index in [1.54, 1.807) is 0 Å². The molecule has 0 aliphatic heterocycles. The van der Waals surface area contributed by atoms with E-state index in [1.165, 1.54) is 6.42 Å². The minimum Gasteiger partial charge on any atom is -0.300 e. The minimum absolute atomic E-state index is 0.258. The number of carbonyl (C=O) groups excluding carboxylic acids is 1. The predicted molar refractivity (Wildman–Crippen MR) is 71.2 cm³/mol. The van der Waals surface area contributed by atoms with Crippen molar-refractivity contribution in [1.29, 1.82) is 0 Å². The normalized spacial score (nSPS) is 43.0. The van der Waals surface area contributed by atoms with Crippen molar-refractivity contribution in [3.05, 3.63) is 12.7 Å². The van der Waals surface area contributed by atoms with Crippen molar-refractivity contribution in [3.8, 4) is 0 Å². The topological polar surface area (TPSA) is 17.1 Å². The average molecular weight is 318 g/mol. The third kappa shape index (κ3) is 1.69. The van der Waals surface area contributed by atoms with E-state index < -0.39 is 0 Å². The van der Waals surface area contributed by atoms with Crippen molar-refractivity contribution >= 4 is 28.4 Å².